The van der Waals surface area contributed by atoms with Crippen LogP contribution in [0.3, 0.4) is 0 Å². The predicted octanol–water partition coefficient (Wildman–Crippen LogP) is 2.39. The van der Waals surface area contributed by atoms with Gasteiger partial charge in [-0.25, -0.2) is 0 Å². The molecule has 0 radical (unpaired) electrons. The number of nitrogens with one attached hydrogen (secondary N) is 1. The van der Waals surface area contributed by atoms with Crippen LogP contribution >= 0.6 is 0 Å². The van der Waals surface area contributed by atoms with Crippen LogP contribution in [0.1, 0.15) is 43.7 Å². The minimum absolute atomic E-state index is 0.185. The van der Waals surface area contributed by atoms with E-state index < -0.39 is 0 Å². The summed E-state index contributed by atoms with van der Waals surface area (Å²) in [5.41, 5.74) is 2.69. The summed E-state index contributed by atoms with van der Waals surface area (Å²) >= 11 is 0. The van der Waals surface area contributed by atoms with Crippen LogP contribution in [0, 0.1) is 6.92 Å². The Morgan fingerprint density at radius 1 is 1.19 bits per heavy atom. The van der Waals surface area contributed by atoms with E-state index >= 15 is 0 Å². The van der Waals surface area contributed by atoms with Crippen molar-refractivity contribution in [1.82, 2.24) is 15.1 Å². The molecule has 5 heteroatoms. The van der Waals surface area contributed by atoms with E-state index in [2.05, 4.69) is 54.1 Å². The van der Waals surface area contributed by atoms with E-state index in [0.717, 1.165) is 51.3 Å². The summed E-state index contributed by atoms with van der Waals surface area (Å²) in [6.07, 6.45) is 2.30. The number of carbonyl (C=O) groups is 1. The number of amides is 1. The molecule has 1 N–H and O–H groups in total. The molecule has 0 spiro atoms. The third-order valence-corrected chi connectivity index (χ3v) is 5.31. The second kappa shape index (κ2) is 8.87. The van der Waals surface area contributed by atoms with Crippen LogP contribution in [0.5, 0.6) is 5.75 Å². The first-order valence-electron chi connectivity index (χ1n) is 9.98. The van der Waals surface area contributed by atoms with Gasteiger partial charge in [-0.3, -0.25) is 14.6 Å². The molecule has 1 aliphatic carbocycles. The summed E-state index contributed by atoms with van der Waals surface area (Å²) in [6.45, 7) is 12.7. The van der Waals surface area contributed by atoms with Gasteiger partial charge in [-0.05, 0) is 48.9 Å². The lowest BCUT2D eigenvalue weighted by molar-refractivity contribution is -0.122. The summed E-state index contributed by atoms with van der Waals surface area (Å²) in [7, 11) is 0. The van der Waals surface area contributed by atoms with Gasteiger partial charge in [0.15, 0.2) is 0 Å². The number of ether oxygens (including phenoxy) is 1. The van der Waals surface area contributed by atoms with Crippen molar-refractivity contribution in [3.8, 4) is 5.75 Å². The zero-order valence-corrected chi connectivity index (χ0v) is 16.5. The van der Waals surface area contributed by atoms with Crippen molar-refractivity contribution in [2.75, 3.05) is 45.9 Å². The van der Waals surface area contributed by atoms with Gasteiger partial charge in [0.1, 0.15) is 12.4 Å². The Labute approximate surface area is 157 Å². The van der Waals surface area contributed by atoms with Gasteiger partial charge in [-0.15, -0.1) is 0 Å². The van der Waals surface area contributed by atoms with Crippen molar-refractivity contribution in [1.29, 1.82) is 0 Å². The highest BCUT2D eigenvalue weighted by atomic mass is 16.5. The Morgan fingerprint density at radius 3 is 2.50 bits per heavy atom. The molecule has 1 saturated heterocycles. The summed E-state index contributed by atoms with van der Waals surface area (Å²) in [6, 6.07) is 6.87. The highest BCUT2D eigenvalue weighted by molar-refractivity contribution is 5.78. The van der Waals surface area contributed by atoms with Gasteiger partial charge in [-0.2, -0.15) is 0 Å². The summed E-state index contributed by atoms with van der Waals surface area (Å²) in [5.74, 6) is 1.69. The normalized spacial score (nSPS) is 18.9. The molecule has 1 aliphatic heterocycles. The SMILES string of the molecule is Cc1cc(OCCN2CCN(CC(=O)NC3CC3)CC2)ccc1C(C)C. The first kappa shape index (κ1) is 19.2. The predicted molar refractivity (Wildman–Crippen MR) is 105 cm³/mol. The van der Waals surface area contributed by atoms with Gasteiger partial charge in [0.25, 0.3) is 0 Å². The van der Waals surface area contributed by atoms with Crippen molar-refractivity contribution in [3.05, 3.63) is 29.3 Å². The van der Waals surface area contributed by atoms with Gasteiger partial charge in [0, 0.05) is 38.8 Å². The molecule has 1 amide bonds. The average molecular weight is 360 g/mol. The molecule has 1 saturated carbocycles. The Balaban J connectivity index is 1.33. The molecule has 0 aromatic heterocycles. The Morgan fingerprint density at radius 2 is 1.88 bits per heavy atom. The lowest BCUT2D eigenvalue weighted by Crippen LogP contribution is -2.50. The molecular weight excluding hydrogens is 326 g/mol. The van der Waals surface area contributed by atoms with Crippen LogP contribution in [0.15, 0.2) is 18.2 Å². The van der Waals surface area contributed by atoms with Crippen molar-refractivity contribution in [2.24, 2.45) is 0 Å². The summed E-state index contributed by atoms with van der Waals surface area (Å²) in [5, 5.41) is 3.07. The minimum atomic E-state index is 0.185. The monoisotopic (exact) mass is 359 g/mol. The van der Waals surface area contributed by atoms with Crippen molar-refractivity contribution in [2.45, 2.75) is 45.6 Å². The molecule has 144 valence electrons. The lowest BCUT2D eigenvalue weighted by atomic mass is 9.98. The number of hydrogen-bond acceptors (Lipinski definition) is 4. The molecule has 0 unspecified atom stereocenters. The lowest BCUT2D eigenvalue weighted by Gasteiger charge is -2.34. The second-order valence-corrected chi connectivity index (χ2v) is 7.98. The van der Waals surface area contributed by atoms with E-state index in [9.17, 15) is 4.79 Å². The first-order chi connectivity index (χ1) is 12.5. The van der Waals surface area contributed by atoms with Crippen LogP contribution in [0.25, 0.3) is 0 Å². The molecule has 1 aromatic carbocycles. The minimum Gasteiger partial charge on any atom is -0.492 e. The fourth-order valence-electron chi connectivity index (χ4n) is 3.55. The number of hydrogen-bond donors (Lipinski definition) is 1. The molecule has 5 nitrogen and oxygen atoms in total. The Kier molecular flexibility index (Phi) is 6.54. The highest BCUT2D eigenvalue weighted by Crippen LogP contribution is 2.23. The fourth-order valence-corrected chi connectivity index (χ4v) is 3.55. The van der Waals surface area contributed by atoms with Crippen molar-refractivity contribution < 1.29 is 9.53 Å². The standard InChI is InChI=1S/C21H33N3O2/c1-16(2)20-7-6-19(14-17(20)3)26-13-12-23-8-10-24(11-9-23)15-21(25)22-18-4-5-18/h6-7,14,16,18H,4-5,8-13,15H2,1-3H3,(H,22,25). The number of nitrogens with zero attached hydrogens (tertiary/aromatic N) is 2. The molecule has 2 fully saturated rings. The number of piperazine rings is 1. The van der Waals surface area contributed by atoms with Crippen LogP contribution in [0.4, 0.5) is 0 Å². The molecule has 2 aliphatic rings. The average Bonchev–Trinajstić information content (AvgIpc) is 3.40. The maximum atomic E-state index is 11.9. The van der Waals surface area contributed by atoms with E-state index in [4.69, 9.17) is 4.74 Å². The quantitative estimate of drug-likeness (QED) is 0.774. The number of carbonyl (C=O) groups excluding carboxylic acids is 1. The van der Waals surface area contributed by atoms with Gasteiger partial charge in [0.2, 0.25) is 5.91 Å². The van der Waals surface area contributed by atoms with E-state index in [0.29, 0.717) is 25.1 Å². The van der Waals surface area contributed by atoms with E-state index in [-0.39, 0.29) is 5.91 Å². The smallest absolute Gasteiger partial charge is 0.234 e. The summed E-state index contributed by atoms with van der Waals surface area (Å²) < 4.78 is 5.95. The number of benzene rings is 1. The maximum absolute atomic E-state index is 11.9. The van der Waals surface area contributed by atoms with Gasteiger partial charge in [0.05, 0.1) is 6.54 Å². The van der Waals surface area contributed by atoms with Gasteiger partial charge >= 0.3 is 0 Å². The molecule has 3 rings (SSSR count). The van der Waals surface area contributed by atoms with Crippen LogP contribution in [0.2, 0.25) is 0 Å². The molecule has 1 heterocycles. The van der Waals surface area contributed by atoms with E-state index in [1.807, 2.05) is 0 Å². The van der Waals surface area contributed by atoms with E-state index in [1.54, 1.807) is 0 Å². The molecule has 26 heavy (non-hydrogen) atoms. The highest BCUT2D eigenvalue weighted by Gasteiger charge is 2.25. The number of aryl methyl sites for hydroxylation is 1. The molecule has 0 atom stereocenters. The number of rotatable bonds is 8. The Bertz CT molecular complexity index is 605. The third-order valence-electron chi connectivity index (χ3n) is 5.31. The topological polar surface area (TPSA) is 44.8 Å². The molecular formula is C21H33N3O2. The van der Waals surface area contributed by atoms with E-state index in [1.165, 1.54) is 11.1 Å². The fraction of sp³-hybridized carbons (Fsp3) is 0.667. The van der Waals surface area contributed by atoms with Crippen molar-refractivity contribution in [3.63, 3.8) is 0 Å². The Hall–Kier alpha value is -1.59. The largest absolute Gasteiger partial charge is 0.492 e. The maximum Gasteiger partial charge on any atom is 0.234 e. The third kappa shape index (κ3) is 5.71. The van der Waals surface area contributed by atoms with Gasteiger partial charge in [-0.1, -0.05) is 19.9 Å². The zero-order valence-electron chi connectivity index (χ0n) is 16.5. The van der Waals surface area contributed by atoms with Gasteiger partial charge < -0.3 is 10.1 Å². The summed E-state index contributed by atoms with van der Waals surface area (Å²) in [4.78, 5) is 16.6. The molecule has 0 bridgehead atoms. The van der Waals surface area contributed by atoms with Crippen LogP contribution in [-0.4, -0.2) is 67.6 Å². The van der Waals surface area contributed by atoms with Crippen LogP contribution < -0.4 is 10.1 Å². The van der Waals surface area contributed by atoms with Crippen LogP contribution in [-0.2, 0) is 4.79 Å². The second-order valence-electron chi connectivity index (χ2n) is 7.98. The van der Waals surface area contributed by atoms with Crippen molar-refractivity contribution >= 4 is 5.91 Å². The first-order valence-corrected chi connectivity index (χ1v) is 9.98. The zero-order chi connectivity index (χ0) is 18.5. The molecule has 1 aromatic rings.